The summed E-state index contributed by atoms with van der Waals surface area (Å²) in [7, 11) is 0.0268. The SMILES string of the molecule is NCCOCP=O. The summed E-state index contributed by atoms with van der Waals surface area (Å²) in [6, 6.07) is 0. The normalized spacial score (nSPS) is 9.86. The van der Waals surface area contributed by atoms with Crippen LogP contribution in [0, 0.1) is 0 Å². The second-order valence-electron chi connectivity index (χ2n) is 0.955. The lowest BCUT2D eigenvalue weighted by molar-refractivity contribution is 0.188. The average Bonchev–Trinajstić information content (AvgIpc) is 1.69. The fraction of sp³-hybridized carbons (Fsp3) is 1.00. The lowest BCUT2D eigenvalue weighted by Gasteiger charge is -1.90. The van der Waals surface area contributed by atoms with Crippen LogP contribution in [0.5, 0.6) is 0 Å². The molecule has 0 rings (SSSR count). The summed E-state index contributed by atoms with van der Waals surface area (Å²) in [5, 5.41) is 0. The quantitative estimate of drug-likeness (QED) is 0.427. The van der Waals surface area contributed by atoms with Crippen LogP contribution in [0.2, 0.25) is 0 Å². The van der Waals surface area contributed by atoms with Crippen LogP contribution in [0.4, 0.5) is 0 Å². The highest BCUT2D eigenvalue weighted by Crippen LogP contribution is 1.88. The fourth-order valence-electron chi connectivity index (χ4n) is 0.185. The van der Waals surface area contributed by atoms with Crippen molar-refractivity contribution in [1.82, 2.24) is 0 Å². The highest BCUT2D eigenvalue weighted by molar-refractivity contribution is 7.23. The maximum atomic E-state index is 9.61. The van der Waals surface area contributed by atoms with Crippen LogP contribution >= 0.6 is 8.46 Å². The van der Waals surface area contributed by atoms with E-state index in [0.29, 0.717) is 13.2 Å². The van der Waals surface area contributed by atoms with Gasteiger partial charge in [0, 0.05) is 6.54 Å². The van der Waals surface area contributed by atoms with Crippen LogP contribution in [-0.2, 0) is 9.30 Å². The molecule has 0 spiro atoms. The van der Waals surface area contributed by atoms with Crippen LogP contribution < -0.4 is 5.73 Å². The molecule has 0 aromatic carbocycles. The minimum Gasteiger partial charge on any atom is -0.368 e. The summed E-state index contributed by atoms with van der Waals surface area (Å²) in [5.74, 6) is 0. The predicted molar refractivity (Wildman–Crippen MR) is 27.5 cm³/mol. The molecule has 0 aliphatic carbocycles. The van der Waals surface area contributed by atoms with Crippen molar-refractivity contribution in [2.75, 3.05) is 19.5 Å². The Bertz CT molecular complexity index is 50.2. The first-order valence-electron chi connectivity index (χ1n) is 1.98. The van der Waals surface area contributed by atoms with E-state index in [2.05, 4.69) is 4.74 Å². The van der Waals surface area contributed by atoms with E-state index in [1.165, 1.54) is 0 Å². The van der Waals surface area contributed by atoms with E-state index in [4.69, 9.17) is 5.73 Å². The molecule has 0 radical (unpaired) electrons. The Morgan fingerprint density at radius 3 is 2.86 bits per heavy atom. The molecule has 0 aromatic rings. The molecule has 0 aliphatic heterocycles. The molecule has 3 nitrogen and oxygen atoms in total. The standard InChI is InChI=1S/C3H8NO2P/c4-1-2-6-3-7-5/h1-4H2. The molecule has 0 aliphatic rings. The van der Waals surface area contributed by atoms with Crippen molar-refractivity contribution in [3.8, 4) is 0 Å². The van der Waals surface area contributed by atoms with Gasteiger partial charge in [-0.05, 0) is 0 Å². The van der Waals surface area contributed by atoms with Gasteiger partial charge in [-0.1, -0.05) is 0 Å². The van der Waals surface area contributed by atoms with Crippen LogP contribution in [0.25, 0.3) is 0 Å². The molecule has 4 heteroatoms. The number of hydrogen-bond acceptors (Lipinski definition) is 3. The first-order valence-corrected chi connectivity index (χ1v) is 2.98. The molecule has 0 saturated heterocycles. The van der Waals surface area contributed by atoms with Crippen LogP contribution in [0.3, 0.4) is 0 Å². The van der Waals surface area contributed by atoms with E-state index >= 15 is 0 Å². The maximum absolute atomic E-state index is 9.61. The molecule has 0 heterocycles. The Morgan fingerprint density at radius 2 is 2.43 bits per heavy atom. The van der Waals surface area contributed by atoms with E-state index in [0.717, 1.165) is 0 Å². The van der Waals surface area contributed by atoms with Crippen molar-refractivity contribution in [3.05, 3.63) is 0 Å². The van der Waals surface area contributed by atoms with Crippen LogP contribution in [0.15, 0.2) is 0 Å². The summed E-state index contributed by atoms with van der Waals surface area (Å²) >= 11 is 0. The maximum Gasteiger partial charge on any atom is 0.183 e. The summed E-state index contributed by atoms with van der Waals surface area (Å²) in [6.07, 6.45) is 0.261. The summed E-state index contributed by atoms with van der Waals surface area (Å²) in [4.78, 5) is 0. The van der Waals surface area contributed by atoms with Crippen molar-refractivity contribution < 1.29 is 9.30 Å². The number of rotatable bonds is 4. The van der Waals surface area contributed by atoms with Gasteiger partial charge in [-0.3, -0.25) is 4.57 Å². The first-order chi connectivity index (χ1) is 3.41. The molecular formula is C3H8NO2P. The third kappa shape index (κ3) is 6.02. The minimum atomic E-state index is 0.0268. The van der Waals surface area contributed by atoms with Crippen molar-refractivity contribution in [1.29, 1.82) is 0 Å². The molecule has 0 saturated carbocycles. The third-order valence-corrected chi connectivity index (χ3v) is 0.694. The van der Waals surface area contributed by atoms with Gasteiger partial charge in [0.1, 0.15) is 6.35 Å². The molecule has 0 aromatic heterocycles. The predicted octanol–water partition coefficient (Wildman–Crippen LogP) is 0.211. The van der Waals surface area contributed by atoms with Gasteiger partial charge in [0.2, 0.25) is 0 Å². The van der Waals surface area contributed by atoms with Crippen LogP contribution in [0.1, 0.15) is 0 Å². The average molecular weight is 121 g/mol. The number of ether oxygens (including phenoxy) is 1. The second-order valence-corrected chi connectivity index (χ2v) is 1.47. The van der Waals surface area contributed by atoms with Crippen molar-refractivity contribution in [3.63, 3.8) is 0 Å². The van der Waals surface area contributed by atoms with Gasteiger partial charge in [-0.25, -0.2) is 0 Å². The monoisotopic (exact) mass is 121 g/mol. The van der Waals surface area contributed by atoms with Gasteiger partial charge in [0.15, 0.2) is 8.46 Å². The van der Waals surface area contributed by atoms with Gasteiger partial charge >= 0.3 is 0 Å². The molecule has 7 heavy (non-hydrogen) atoms. The molecule has 0 fully saturated rings. The van der Waals surface area contributed by atoms with Gasteiger partial charge in [0.05, 0.1) is 6.61 Å². The van der Waals surface area contributed by atoms with Gasteiger partial charge < -0.3 is 10.5 Å². The fourth-order valence-corrected chi connectivity index (χ4v) is 0.389. The highest BCUT2D eigenvalue weighted by atomic mass is 31.1. The van der Waals surface area contributed by atoms with Gasteiger partial charge in [-0.15, -0.1) is 0 Å². The van der Waals surface area contributed by atoms with E-state index in [1.54, 1.807) is 0 Å². The Kier molecular flexibility index (Phi) is 6.04. The molecule has 0 unspecified atom stereocenters. The largest absolute Gasteiger partial charge is 0.368 e. The molecule has 2 N–H and O–H groups in total. The Hall–Kier alpha value is 0.0200. The minimum absolute atomic E-state index is 0.0268. The van der Waals surface area contributed by atoms with Crippen molar-refractivity contribution >= 4 is 8.46 Å². The lowest BCUT2D eigenvalue weighted by Crippen LogP contribution is -2.06. The molecule has 0 bridgehead atoms. The second kappa shape index (κ2) is 6.02. The summed E-state index contributed by atoms with van der Waals surface area (Å²) in [6.45, 7) is 0.991. The zero-order valence-corrected chi connectivity index (χ0v) is 4.86. The van der Waals surface area contributed by atoms with Crippen molar-refractivity contribution in [2.45, 2.75) is 0 Å². The first kappa shape index (κ1) is 7.02. The Morgan fingerprint density at radius 1 is 1.71 bits per heavy atom. The summed E-state index contributed by atoms with van der Waals surface area (Å²) in [5.41, 5.74) is 5.04. The highest BCUT2D eigenvalue weighted by Gasteiger charge is 1.78. The summed E-state index contributed by atoms with van der Waals surface area (Å²) < 4.78 is 14.3. The zero-order valence-electron chi connectivity index (χ0n) is 3.96. The Labute approximate surface area is 44.0 Å². The number of hydrogen-bond donors (Lipinski definition) is 1. The molecule has 0 amide bonds. The van der Waals surface area contributed by atoms with Gasteiger partial charge in [0.25, 0.3) is 0 Å². The zero-order chi connectivity index (χ0) is 5.54. The number of nitrogens with two attached hydrogens (primary N) is 1. The molecule has 42 valence electrons. The van der Waals surface area contributed by atoms with Gasteiger partial charge in [-0.2, -0.15) is 0 Å². The van der Waals surface area contributed by atoms with E-state index in [9.17, 15) is 4.57 Å². The third-order valence-electron chi connectivity index (χ3n) is 0.406. The molecular weight excluding hydrogens is 113 g/mol. The van der Waals surface area contributed by atoms with Crippen molar-refractivity contribution in [2.24, 2.45) is 5.73 Å². The van der Waals surface area contributed by atoms with Crippen LogP contribution in [-0.4, -0.2) is 19.5 Å². The van der Waals surface area contributed by atoms with E-state index in [1.807, 2.05) is 0 Å². The topological polar surface area (TPSA) is 52.3 Å². The lowest BCUT2D eigenvalue weighted by atomic mass is 10.7. The molecule has 0 atom stereocenters. The van der Waals surface area contributed by atoms with E-state index in [-0.39, 0.29) is 14.8 Å². The van der Waals surface area contributed by atoms with E-state index < -0.39 is 0 Å². The Balaban J connectivity index is 2.56. The smallest absolute Gasteiger partial charge is 0.183 e.